The number of benzene rings is 2. The molecule has 158 valence electrons. The molecule has 1 heterocycles. The van der Waals surface area contributed by atoms with Crippen molar-refractivity contribution in [3.05, 3.63) is 59.3 Å². The molecule has 0 unspecified atom stereocenters. The van der Waals surface area contributed by atoms with Gasteiger partial charge in [-0.15, -0.1) is 0 Å². The molecule has 2 aromatic carbocycles. The number of hydrogen-bond acceptors (Lipinski definition) is 4. The normalized spacial score (nSPS) is 15.7. The summed E-state index contributed by atoms with van der Waals surface area (Å²) in [4.78, 5) is 11.6. The van der Waals surface area contributed by atoms with Crippen molar-refractivity contribution in [3.63, 3.8) is 0 Å². The van der Waals surface area contributed by atoms with Crippen LogP contribution in [0.5, 0.6) is 0 Å². The number of carbonyl (C=O) groups excluding carboxylic acids is 1. The Morgan fingerprint density at radius 3 is 2.67 bits per heavy atom. The molecule has 1 aromatic heterocycles. The van der Waals surface area contributed by atoms with Crippen LogP contribution < -0.4 is 11.1 Å². The molecule has 1 aliphatic rings. The average Bonchev–Trinajstić information content (AvgIpc) is 3.36. The van der Waals surface area contributed by atoms with Crippen LogP contribution in [0.15, 0.2) is 36.5 Å². The van der Waals surface area contributed by atoms with E-state index in [0.717, 1.165) is 31.7 Å². The van der Waals surface area contributed by atoms with Crippen LogP contribution in [0.1, 0.15) is 41.6 Å². The van der Waals surface area contributed by atoms with Crippen molar-refractivity contribution in [3.8, 4) is 5.69 Å². The van der Waals surface area contributed by atoms with Crippen LogP contribution in [0.2, 0.25) is 0 Å². The SMILES string of the molecule is NC(=O)c1cc(F)cc2cn(-c3ccc(CNCC4(CO)CCCC4)c(F)c3)nc12. The van der Waals surface area contributed by atoms with E-state index >= 15 is 0 Å². The fraction of sp³-hybridized carbons (Fsp3) is 0.364. The maximum absolute atomic E-state index is 14.7. The molecule has 0 atom stereocenters. The second-order valence-electron chi connectivity index (χ2n) is 8.07. The minimum absolute atomic E-state index is 0.0187. The third-order valence-electron chi connectivity index (χ3n) is 5.96. The number of carbonyl (C=O) groups is 1. The van der Waals surface area contributed by atoms with E-state index in [1.165, 1.54) is 23.0 Å². The lowest BCUT2D eigenvalue weighted by atomic mass is 9.87. The summed E-state index contributed by atoms with van der Waals surface area (Å²) in [6.45, 7) is 1.14. The van der Waals surface area contributed by atoms with Crippen molar-refractivity contribution in [1.82, 2.24) is 15.1 Å². The molecule has 0 spiro atoms. The highest BCUT2D eigenvalue weighted by Crippen LogP contribution is 2.37. The van der Waals surface area contributed by atoms with Gasteiger partial charge in [0, 0.05) is 42.3 Å². The number of nitrogens with two attached hydrogens (primary N) is 1. The van der Waals surface area contributed by atoms with Gasteiger partial charge < -0.3 is 16.2 Å². The Morgan fingerprint density at radius 2 is 2.00 bits per heavy atom. The summed E-state index contributed by atoms with van der Waals surface area (Å²) in [5.41, 5.74) is 6.42. The largest absolute Gasteiger partial charge is 0.396 e. The number of rotatable bonds is 7. The summed E-state index contributed by atoms with van der Waals surface area (Å²) < 4.78 is 29.8. The quantitative estimate of drug-likeness (QED) is 0.554. The van der Waals surface area contributed by atoms with Crippen molar-refractivity contribution >= 4 is 16.8 Å². The zero-order valence-corrected chi connectivity index (χ0v) is 16.5. The lowest BCUT2D eigenvalue weighted by Crippen LogP contribution is -2.35. The van der Waals surface area contributed by atoms with Crippen LogP contribution in [0.25, 0.3) is 16.6 Å². The highest BCUT2D eigenvalue weighted by Gasteiger charge is 2.32. The van der Waals surface area contributed by atoms with E-state index in [-0.39, 0.29) is 23.1 Å². The van der Waals surface area contributed by atoms with Crippen molar-refractivity contribution in [1.29, 1.82) is 0 Å². The lowest BCUT2D eigenvalue weighted by Gasteiger charge is -2.26. The van der Waals surface area contributed by atoms with E-state index in [4.69, 9.17) is 5.73 Å². The van der Waals surface area contributed by atoms with Gasteiger partial charge >= 0.3 is 0 Å². The van der Waals surface area contributed by atoms with Gasteiger partial charge in [0.25, 0.3) is 5.91 Å². The molecule has 4 rings (SSSR count). The Labute approximate surface area is 172 Å². The van der Waals surface area contributed by atoms with Crippen LogP contribution in [-0.4, -0.2) is 33.9 Å². The molecule has 0 radical (unpaired) electrons. The number of halogens is 2. The van der Waals surface area contributed by atoms with E-state index < -0.39 is 17.5 Å². The smallest absolute Gasteiger partial charge is 0.251 e. The first-order valence-electron chi connectivity index (χ1n) is 10.00. The summed E-state index contributed by atoms with van der Waals surface area (Å²) in [5, 5.41) is 17.6. The van der Waals surface area contributed by atoms with Crippen molar-refractivity contribution in [2.45, 2.75) is 32.2 Å². The molecule has 6 nitrogen and oxygen atoms in total. The van der Waals surface area contributed by atoms with Gasteiger partial charge in [0.1, 0.15) is 17.2 Å². The molecule has 1 amide bonds. The zero-order valence-electron chi connectivity index (χ0n) is 16.5. The Morgan fingerprint density at radius 1 is 1.23 bits per heavy atom. The number of aliphatic hydroxyl groups is 1. The van der Waals surface area contributed by atoms with Crippen molar-refractivity contribution in [2.24, 2.45) is 11.1 Å². The van der Waals surface area contributed by atoms with Gasteiger partial charge in [0.2, 0.25) is 0 Å². The predicted octanol–water partition coefficient (Wildman–Crippen LogP) is 3.04. The van der Waals surface area contributed by atoms with Gasteiger partial charge in [0.05, 0.1) is 11.3 Å². The number of aromatic nitrogens is 2. The Kier molecular flexibility index (Phi) is 5.53. The minimum Gasteiger partial charge on any atom is -0.396 e. The molecule has 0 bridgehead atoms. The predicted molar refractivity (Wildman–Crippen MR) is 109 cm³/mol. The lowest BCUT2D eigenvalue weighted by molar-refractivity contribution is 0.100. The number of amides is 1. The van der Waals surface area contributed by atoms with Crippen LogP contribution in [0.4, 0.5) is 8.78 Å². The number of aliphatic hydroxyl groups excluding tert-OH is 1. The molecule has 4 N–H and O–H groups in total. The van der Waals surface area contributed by atoms with E-state index in [1.54, 1.807) is 12.1 Å². The van der Waals surface area contributed by atoms with E-state index in [9.17, 15) is 18.7 Å². The molecular formula is C22H24F2N4O2. The van der Waals surface area contributed by atoms with Gasteiger partial charge in [0.15, 0.2) is 0 Å². The fourth-order valence-corrected chi connectivity index (χ4v) is 4.22. The zero-order chi connectivity index (χ0) is 21.3. The van der Waals surface area contributed by atoms with Gasteiger partial charge in [-0.05, 0) is 37.1 Å². The maximum Gasteiger partial charge on any atom is 0.251 e. The first-order chi connectivity index (χ1) is 14.4. The average molecular weight is 414 g/mol. The first kappa shape index (κ1) is 20.4. The highest BCUT2D eigenvalue weighted by atomic mass is 19.1. The molecule has 1 saturated carbocycles. The van der Waals surface area contributed by atoms with E-state index in [2.05, 4.69) is 10.4 Å². The Bertz CT molecular complexity index is 1090. The number of hydrogen-bond donors (Lipinski definition) is 3. The van der Waals surface area contributed by atoms with Gasteiger partial charge in [-0.2, -0.15) is 5.10 Å². The third kappa shape index (κ3) is 3.93. The maximum atomic E-state index is 14.7. The summed E-state index contributed by atoms with van der Waals surface area (Å²) in [5.74, 6) is -1.77. The standard InChI is InChI=1S/C22H24F2N4O2/c23-16-7-15-11-28(27-20(15)18(8-16)21(25)30)17-4-3-14(19(24)9-17)10-26-12-22(13-29)5-1-2-6-22/h3-4,7-9,11,26,29H,1-2,5-6,10,12-13H2,(H2,25,30). The molecule has 1 aliphatic carbocycles. The van der Waals surface area contributed by atoms with Crippen LogP contribution in [0, 0.1) is 17.0 Å². The van der Waals surface area contributed by atoms with Gasteiger partial charge in [-0.1, -0.05) is 18.9 Å². The van der Waals surface area contributed by atoms with Crippen molar-refractivity contribution in [2.75, 3.05) is 13.2 Å². The molecule has 1 fully saturated rings. The van der Waals surface area contributed by atoms with Crippen LogP contribution >= 0.6 is 0 Å². The second kappa shape index (κ2) is 8.12. The summed E-state index contributed by atoms with van der Waals surface area (Å²) in [6, 6.07) is 7.02. The number of nitrogens with zero attached hydrogens (tertiary/aromatic N) is 2. The first-order valence-corrected chi connectivity index (χ1v) is 10.00. The van der Waals surface area contributed by atoms with E-state index in [0.29, 0.717) is 29.7 Å². The summed E-state index contributed by atoms with van der Waals surface area (Å²) in [6.07, 6.45) is 5.73. The number of primary amides is 1. The van der Waals surface area contributed by atoms with Crippen molar-refractivity contribution < 1.29 is 18.7 Å². The molecule has 30 heavy (non-hydrogen) atoms. The van der Waals surface area contributed by atoms with Crippen LogP contribution in [-0.2, 0) is 6.54 Å². The Hall–Kier alpha value is -2.84. The molecule has 3 aromatic rings. The van der Waals surface area contributed by atoms with Crippen LogP contribution in [0.3, 0.4) is 0 Å². The highest BCUT2D eigenvalue weighted by molar-refractivity contribution is 6.04. The number of fused-ring (bicyclic) bond motifs is 1. The fourth-order valence-electron chi connectivity index (χ4n) is 4.22. The molecule has 0 saturated heterocycles. The molecule has 8 heteroatoms. The monoisotopic (exact) mass is 414 g/mol. The summed E-state index contributed by atoms with van der Waals surface area (Å²) >= 11 is 0. The topological polar surface area (TPSA) is 93.2 Å². The van der Waals surface area contributed by atoms with E-state index in [1.807, 2.05) is 0 Å². The van der Waals surface area contributed by atoms with Gasteiger partial charge in [-0.3, -0.25) is 4.79 Å². The second-order valence-corrected chi connectivity index (χ2v) is 8.07. The minimum atomic E-state index is -0.778. The third-order valence-corrected chi connectivity index (χ3v) is 5.96. The summed E-state index contributed by atoms with van der Waals surface area (Å²) in [7, 11) is 0. The molecular weight excluding hydrogens is 390 g/mol. The van der Waals surface area contributed by atoms with Gasteiger partial charge in [-0.25, -0.2) is 13.5 Å². The Balaban J connectivity index is 1.53. The number of nitrogens with one attached hydrogen (secondary N) is 1. The molecule has 0 aliphatic heterocycles.